The van der Waals surface area contributed by atoms with E-state index in [1.807, 2.05) is 24.3 Å². The molecule has 2 N–H and O–H groups in total. The molecular weight excluding hydrogens is 280 g/mol. The predicted octanol–water partition coefficient (Wildman–Crippen LogP) is 1.88. The summed E-state index contributed by atoms with van der Waals surface area (Å²) in [7, 11) is 1.72. The van der Waals surface area contributed by atoms with Gasteiger partial charge < -0.3 is 15.3 Å². The van der Waals surface area contributed by atoms with E-state index >= 15 is 0 Å². The van der Waals surface area contributed by atoms with Gasteiger partial charge in [0.25, 0.3) is 0 Å². The first kappa shape index (κ1) is 15.0. The quantitative estimate of drug-likeness (QED) is 0.895. The Labute approximate surface area is 130 Å². The van der Waals surface area contributed by atoms with Gasteiger partial charge in [-0.05, 0) is 24.5 Å². The molecule has 1 heterocycles. The summed E-state index contributed by atoms with van der Waals surface area (Å²) in [4.78, 5) is 26.2. The highest BCUT2D eigenvalue weighted by Gasteiger charge is 2.37. The molecule has 0 saturated heterocycles. The van der Waals surface area contributed by atoms with Gasteiger partial charge in [0.15, 0.2) is 0 Å². The van der Waals surface area contributed by atoms with Crippen LogP contribution < -0.4 is 5.32 Å². The van der Waals surface area contributed by atoms with Gasteiger partial charge in [0, 0.05) is 25.7 Å². The smallest absolute Gasteiger partial charge is 0.230 e. The van der Waals surface area contributed by atoms with Gasteiger partial charge in [-0.2, -0.15) is 0 Å². The van der Waals surface area contributed by atoms with Crippen LogP contribution in [0, 0.1) is 0 Å². The molecule has 22 heavy (non-hydrogen) atoms. The van der Waals surface area contributed by atoms with Crippen LogP contribution in [0.25, 0.3) is 0 Å². The second kappa shape index (κ2) is 5.72. The first-order chi connectivity index (χ1) is 10.5. The fourth-order valence-electron chi connectivity index (χ4n) is 3.61. The standard InChI is InChI=1S/C17H22N2O3/c1-19(11-17(22)8-4-5-9-17)16(21)13-10-15(20)18-14-7-3-2-6-12(13)14/h2-3,6-7,13,22H,4-5,8-11H2,1H3,(H,18,20). The zero-order valence-corrected chi connectivity index (χ0v) is 12.8. The molecule has 118 valence electrons. The first-order valence-electron chi connectivity index (χ1n) is 7.85. The molecule has 0 radical (unpaired) electrons. The van der Waals surface area contributed by atoms with Crippen LogP contribution >= 0.6 is 0 Å². The maximum atomic E-state index is 12.8. The Hall–Kier alpha value is -1.88. The van der Waals surface area contributed by atoms with Crippen molar-refractivity contribution in [2.75, 3.05) is 18.9 Å². The number of hydrogen-bond donors (Lipinski definition) is 2. The van der Waals surface area contributed by atoms with Gasteiger partial charge in [0.1, 0.15) is 0 Å². The highest BCUT2D eigenvalue weighted by Crippen LogP contribution is 2.35. The summed E-state index contributed by atoms with van der Waals surface area (Å²) in [5.41, 5.74) is 0.809. The van der Waals surface area contributed by atoms with E-state index in [1.165, 1.54) is 0 Å². The molecule has 1 saturated carbocycles. The van der Waals surface area contributed by atoms with E-state index in [0.717, 1.165) is 31.2 Å². The number of anilines is 1. The fraction of sp³-hybridized carbons (Fsp3) is 0.529. The fourth-order valence-corrected chi connectivity index (χ4v) is 3.61. The lowest BCUT2D eigenvalue weighted by Crippen LogP contribution is -2.44. The Morgan fingerprint density at radius 3 is 2.77 bits per heavy atom. The minimum atomic E-state index is -0.763. The van der Waals surface area contributed by atoms with Gasteiger partial charge in [-0.3, -0.25) is 9.59 Å². The number of benzene rings is 1. The summed E-state index contributed by atoms with van der Waals surface area (Å²) in [6.07, 6.45) is 3.66. The summed E-state index contributed by atoms with van der Waals surface area (Å²) < 4.78 is 0. The minimum absolute atomic E-state index is 0.0948. The van der Waals surface area contributed by atoms with Crippen molar-refractivity contribution in [2.45, 2.75) is 43.6 Å². The molecule has 1 fully saturated rings. The molecule has 1 aliphatic carbocycles. The van der Waals surface area contributed by atoms with Crippen molar-refractivity contribution >= 4 is 17.5 Å². The summed E-state index contributed by atoms with van der Waals surface area (Å²) in [6, 6.07) is 7.42. The number of para-hydroxylation sites is 1. The number of nitrogens with zero attached hydrogens (tertiary/aromatic N) is 1. The number of hydrogen-bond acceptors (Lipinski definition) is 3. The molecule has 0 spiro atoms. The number of carbonyl (C=O) groups excluding carboxylic acids is 2. The first-order valence-corrected chi connectivity index (χ1v) is 7.85. The average Bonchev–Trinajstić information content (AvgIpc) is 2.91. The molecule has 0 bridgehead atoms. The second-order valence-electron chi connectivity index (χ2n) is 6.52. The van der Waals surface area contributed by atoms with Gasteiger partial charge in [0.05, 0.1) is 11.5 Å². The third-order valence-electron chi connectivity index (χ3n) is 4.74. The van der Waals surface area contributed by atoms with E-state index in [0.29, 0.717) is 12.2 Å². The zero-order valence-electron chi connectivity index (χ0n) is 12.8. The topological polar surface area (TPSA) is 69.6 Å². The molecule has 5 heteroatoms. The van der Waals surface area contributed by atoms with Crippen LogP contribution in [0.15, 0.2) is 24.3 Å². The SMILES string of the molecule is CN(CC1(O)CCCC1)C(=O)C1CC(=O)Nc2ccccc21. The van der Waals surface area contributed by atoms with E-state index in [2.05, 4.69) is 5.32 Å². The van der Waals surface area contributed by atoms with Crippen LogP contribution in [0.2, 0.25) is 0 Å². The molecule has 2 aliphatic rings. The van der Waals surface area contributed by atoms with Crippen molar-refractivity contribution in [1.82, 2.24) is 4.90 Å². The van der Waals surface area contributed by atoms with Crippen LogP contribution in [0.5, 0.6) is 0 Å². The van der Waals surface area contributed by atoms with E-state index in [-0.39, 0.29) is 18.2 Å². The van der Waals surface area contributed by atoms with Crippen LogP contribution in [0.1, 0.15) is 43.6 Å². The predicted molar refractivity (Wildman–Crippen MR) is 83.5 cm³/mol. The molecule has 1 aliphatic heterocycles. The van der Waals surface area contributed by atoms with E-state index in [1.54, 1.807) is 11.9 Å². The van der Waals surface area contributed by atoms with Crippen molar-refractivity contribution in [3.8, 4) is 0 Å². The summed E-state index contributed by atoms with van der Waals surface area (Å²) >= 11 is 0. The van der Waals surface area contributed by atoms with Crippen LogP contribution in [0.3, 0.4) is 0 Å². The van der Waals surface area contributed by atoms with Crippen LogP contribution in [0.4, 0.5) is 5.69 Å². The van der Waals surface area contributed by atoms with Gasteiger partial charge in [0.2, 0.25) is 11.8 Å². The Morgan fingerprint density at radius 1 is 1.36 bits per heavy atom. The van der Waals surface area contributed by atoms with Crippen molar-refractivity contribution < 1.29 is 14.7 Å². The molecule has 5 nitrogen and oxygen atoms in total. The number of likely N-dealkylation sites (N-methyl/N-ethyl adjacent to an activating group) is 1. The molecule has 1 atom stereocenters. The monoisotopic (exact) mass is 302 g/mol. The molecule has 0 aromatic heterocycles. The molecule has 1 unspecified atom stereocenters. The third kappa shape index (κ3) is 2.86. The molecule has 1 aromatic carbocycles. The number of nitrogens with one attached hydrogen (secondary N) is 1. The molecule has 1 aromatic rings. The summed E-state index contributed by atoms with van der Waals surface area (Å²) in [6.45, 7) is 0.339. The lowest BCUT2D eigenvalue weighted by atomic mass is 9.89. The number of aliphatic hydroxyl groups is 1. The van der Waals surface area contributed by atoms with Crippen molar-refractivity contribution in [2.24, 2.45) is 0 Å². The zero-order chi connectivity index (χ0) is 15.7. The normalized spacial score (nSPS) is 22.8. The average molecular weight is 302 g/mol. The van der Waals surface area contributed by atoms with Crippen LogP contribution in [-0.2, 0) is 9.59 Å². The lowest BCUT2D eigenvalue weighted by Gasteiger charge is -2.32. The van der Waals surface area contributed by atoms with Gasteiger partial charge in [-0.15, -0.1) is 0 Å². The van der Waals surface area contributed by atoms with Gasteiger partial charge >= 0.3 is 0 Å². The number of rotatable bonds is 3. The molecular formula is C17H22N2O3. The third-order valence-corrected chi connectivity index (χ3v) is 4.74. The molecule has 2 amide bonds. The van der Waals surface area contributed by atoms with Gasteiger partial charge in [-0.1, -0.05) is 31.0 Å². The highest BCUT2D eigenvalue weighted by atomic mass is 16.3. The van der Waals surface area contributed by atoms with Crippen molar-refractivity contribution in [3.63, 3.8) is 0 Å². The maximum absolute atomic E-state index is 12.8. The number of amides is 2. The Kier molecular flexibility index (Phi) is 3.91. The lowest BCUT2D eigenvalue weighted by molar-refractivity contribution is -0.136. The second-order valence-corrected chi connectivity index (χ2v) is 6.52. The summed E-state index contributed by atoms with van der Waals surface area (Å²) in [5.74, 6) is -0.687. The van der Waals surface area contributed by atoms with Crippen molar-refractivity contribution in [3.05, 3.63) is 29.8 Å². The Balaban J connectivity index is 1.78. The number of carbonyl (C=O) groups is 2. The highest BCUT2D eigenvalue weighted by molar-refractivity contribution is 6.01. The van der Waals surface area contributed by atoms with Crippen molar-refractivity contribution in [1.29, 1.82) is 0 Å². The van der Waals surface area contributed by atoms with E-state index in [9.17, 15) is 14.7 Å². The van der Waals surface area contributed by atoms with Crippen LogP contribution in [-0.4, -0.2) is 41.0 Å². The Morgan fingerprint density at radius 2 is 2.05 bits per heavy atom. The van der Waals surface area contributed by atoms with E-state index < -0.39 is 11.5 Å². The van der Waals surface area contributed by atoms with Gasteiger partial charge in [-0.25, -0.2) is 0 Å². The Bertz CT molecular complexity index is 593. The summed E-state index contributed by atoms with van der Waals surface area (Å²) in [5, 5.41) is 13.3. The maximum Gasteiger partial charge on any atom is 0.230 e. The minimum Gasteiger partial charge on any atom is -0.388 e. The van der Waals surface area contributed by atoms with E-state index in [4.69, 9.17) is 0 Å². The largest absolute Gasteiger partial charge is 0.388 e. The molecule has 3 rings (SSSR count). The number of fused-ring (bicyclic) bond motifs is 1.